The van der Waals surface area contributed by atoms with Crippen LogP contribution < -0.4 is 0 Å². The maximum absolute atomic E-state index is 12.4. The van der Waals surface area contributed by atoms with Crippen molar-refractivity contribution in [3.8, 4) is 0 Å². The quantitative estimate of drug-likeness (QED) is 0.793. The Labute approximate surface area is 119 Å². The van der Waals surface area contributed by atoms with Gasteiger partial charge in [-0.3, -0.25) is 4.79 Å². The van der Waals surface area contributed by atoms with Crippen LogP contribution in [0.2, 0.25) is 0 Å². The number of amides is 2. The lowest BCUT2D eigenvalue weighted by Crippen LogP contribution is -2.58. The smallest absolute Gasteiger partial charge is 0.320 e. The van der Waals surface area contributed by atoms with Gasteiger partial charge in [0, 0.05) is 31.6 Å². The molecule has 2 rings (SSSR count). The van der Waals surface area contributed by atoms with Crippen molar-refractivity contribution in [2.75, 3.05) is 26.2 Å². The first kappa shape index (κ1) is 15.1. The number of carboxylic acid groups (broad SMARTS) is 1. The minimum absolute atomic E-state index is 0.0192. The van der Waals surface area contributed by atoms with Gasteiger partial charge in [-0.2, -0.15) is 0 Å². The number of nitrogens with zero attached hydrogens (tertiary/aromatic N) is 2. The van der Waals surface area contributed by atoms with Gasteiger partial charge >= 0.3 is 12.0 Å². The first-order valence-electron chi connectivity index (χ1n) is 7.50. The molecule has 1 heterocycles. The van der Waals surface area contributed by atoms with Crippen LogP contribution in [0.3, 0.4) is 0 Å². The summed E-state index contributed by atoms with van der Waals surface area (Å²) in [6.07, 6.45) is 5.66. The molecule has 6 nitrogen and oxygen atoms in total. The molecule has 0 radical (unpaired) electrons. The maximum atomic E-state index is 12.4. The molecule has 0 unspecified atom stereocenters. The molecular formula is C14H24N2O4. The lowest BCUT2D eigenvalue weighted by atomic mass is 9.93. The third-order valence-corrected chi connectivity index (χ3v) is 4.29. The normalized spacial score (nSPS) is 20.6. The van der Waals surface area contributed by atoms with Gasteiger partial charge in [-0.15, -0.1) is 0 Å². The fourth-order valence-corrected chi connectivity index (χ4v) is 3.22. The number of carbonyl (C=O) groups excluding carboxylic acids is 1. The highest BCUT2D eigenvalue weighted by molar-refractivity contribution is 5.76. The van der Waals surface area contributed by atoms with Crippen molar-refractivity contribution < 1.29 is 19.8 Å². The number of urea groups is 1. The summed E-state index contributed by atoms with van der Waals surface area (Å²) < 4.78 is 0. The van der Waals surface area contributed by atoms with Gasteiger partial charge in [0.05, 0.1) is 13.0 Å². The van der Waals surface area contributed by atoms with E-state index in [0.29, 0.717) is 19.6 Å². The van der Waals surface area contributed by atoms with Gasteiger partial charge < -0.3 is 20.0 Å². The second-order valence-electron chi connectivity index (χ2n) is 5.86. The maximum Gasteiger partial charge on any atom is 0.320 e. The van der Waals surface area contributed by atoms with Crippen molar-refractivity contribution in [3.05, 3.63) is 0 Å². The molecule has 1 saturated carbocycles. The molecule has 1 saturated heterocycles. The van der Waals surface area contributed by atoms with Crippen LogP contribution in [-0.2, 0) is 4.79 Å². The second-order valence-corrected chi connectivity index (χ2v) is 5.86. The molecule has 2 fully saturated rings. The van der Waals surface area contributed by atoms with Crippen molar-refractivity contribution in [1.29, 1.82) is 0 Å². The fourth-order valence-electron chi connectivity index (χ4n) is 3.22. The van der Waals surface area contributed by atoms with Gasteiger partial charge in [0.1, 0.15) is 0 Å². The summed E-state index contributed by atoms with van der Waals surface area (Å²) in [6.45, 7) is 1.41. The molecular weight excluding hydrogens is 260 g/mol. The van der Waals surface area contributed by atoms with E-state index in [1.165, 1.54) is 6.42 Å². The van der Waals surface area contributed by atoms with Crippen LogP contribution in [0.5, 0.6) is 0 Å². The zero-order valence-electron chi connectivity index (χ0n) is 11.8. The second kappa shape index (κ2) is 6.92. The van der Waals surface area contributed by atoms with Crippen LogP contribution in [0.25, 0.3) is 0 Å². The molecule has 0 spiro atoms. The van der Waals surface area contributed by atoms with Gasteiger partial charge in [-0.1, -0.05) is 19.3 Å². The standard InChI is InChI=1S/C14H24N2O4/c17-7-6-16(12-4-2-1-3-5-12)14(20)15-9-11(10-15)8-13(18)19/h11-12,17H,1-10H2,(H,18,19). The predicted octanol–water partition coefficient (Wildman–Crippen LogP) is 1.14. The van der Waals surface area contributed by atoms with E-state index in [1.54, 1.807) is 9.80 Å². The average Bonchev–Trinajstić information content (AvgIpc) is 2.40. The summed E-state index contributed by atoms with van der Waals surface area (Å²) in [4.78, 5) is 26.5. The van der Waals surface area contributed by atoms with Crippen LogP contribution in [0.1, 0.15) is 38.5 Å². The van der Waals surface area contributed by atoms with Crippen LogP contribution >= 0.6 is 0 Å². The Hall–Kier alpha value is -1.30. The molecule has 6 heteroatoms. The van der Waals surface area contributed by atoms with E-state index >= 15 is 0 Å². The Morgan fingerprint density at radius 3 is 2.35 bits per heavy atom. The summed E-state index contributed by atoms with van der Waals surface area (Å²) in [5, 5.41) is 17.9. The van der Waals surface area contributed by atoms with E-state index in [-0.39, 0.29) is 31.0 Å². The Kier molecular flexibility index (Phi) is 5.23. The molecule has 2 amide bonds. The van der Waals surface area contributed by atoms with Gasteiger partial charge in [0.15, 0.2) is 0 Å². The van der Waals surface area contributed by atoms with Crippen LogP contribution in [-0.4, -0.2) is 64.3 Å². The van der Waals surface area contributed by atoms with Crippen LogP contribution in [0.4, 0.5) is 4.79 Å². The number of aliphatic carboxylic acids is 1. The molecule has 2 aliphatic rings. The monoisotopic (exact) mass is 284 g/mol. The van der Waals surface area contributed by atoms with E-state index in [9.17, 15) is 9.59 Å². The fraction of sp³-hybridized carbons (Fsp3) is 0.857. The van der Waals surface area contributed by atoms with E-state index in [2.05, 4.69) is 0 Å². The number of aliphatic hydroxyl groups excluding tert-OH is 1. The molecule has 0 aromatic rings. The molecule has 1 aliphatic heterocycles. The minimum Gasteiger partial charge on any atom is -0.481 e. The Morgan fingerprint density at radius 2 is 1.80 bits per heavy atom. The highest BCUT2D eigenvalue weighted by Gasteiger charge is 2.36. The number of rotatable bonds is 5. The van der Waals surface area contributed by atoms with E-state index in [0.717, 1.165) is 25.7 Å². The molecule has 0 atom stereocenters. The lowest BCUT2D eigenvalue weighted by molar-refractivity contribution is -0.139. The van der Waals surface area contributed by atoms with Crippen molar-refractivity contribution >= 4 is 12.0 Å². The zero-order chi connectivity index (χ0) is 14.5. The number of likely N-dealkylation sites (tertiary alicyclic amines) is 1. The summed E-state index contributed by atoms with van der Waals surface area (Å²) in [5.74, 6) is -0.722. The van der Waals surface area contributed by atoms with Crippen LogP contribution in [0.15, 0.2) is 0 Å². The zero-order valence-corrected chi connectivity index (χ0v) is 11.8. The molecule has 20 heavy (non-hydrogen) atoms. The van der Waals surface area contributed by atoms with E-state index < -0.39 is 5.97 Å². The van der Waals surface area contributed by atoms with Gasteiger partial charge in [0.2, 0.25) is 0 Å². The minimum atomic E-state index is -0.804. The van der Waals surface area contributed by atoms with Gasteiger partial charge in [-0.05, 0) is 12.8 Å². The lowest BCUT2D eigenvalue weighted by Gasteiger charge is -2.44. The summed E-state index contributed by atoms with van der Waals surface area (Å²) in [7, 11) is 0. The van der Waals surface area contributed by atoms with E-state index in [4.69, 9.17) is 10.2 Å². The number of carbonyl (C=O) groups is 2. The van der Waals surface area contributed by atoms with Gasteiger partial charge in [-0.25, -0.2) is 4.79 Å². The van der Waals surface area contributed by atoms with Crippen LogP contribution in [0, 0.1) is 5.92 Å². The summed E-state index contributed by atoms with van der Waals surface area (Å²) in [5.41, 5.74) is 0. The predicted molar refractivity (Wildman–Crippen MR) is 73.4 cm³/mol. The van der Waals surface area contributed by atoms with Gasteiger partial charge in [0.25, 0.3) is 0 Å². The summed E-state index contributed by atoms with van der Waals surface area (Å²) in [6, 6.07) is 0.203. The Balaban J connectivity index is 1.86. The number of hydrogen-bond donors (Lipinski definition) is 2. The molecule has 0 bridgehead atoms. The van der Waals surface area contributed by atoms with Crippen molar-refractivity contribution in [3.63, 3.8) is 0 Å². The number of carboxylic acids is 1. The molecule has 0 aromatic carbocycles. The number of hydrogen-bond acceptors (Lipinski definition) is 3. The topological polar surface area (TPSA) is 81.1 Å². The number of aliphatic hydroxyl groups is 1. The Bertz CT molecular complexity index is 349. The third kappa shape index (κ3) is 3.62. The molecule has 2 N–H and O–H groups in total. The third-order valence-electron chi connectivity index (χ3n) is 4.29. The molecule has 0 aromatic heterocycles. The largest absolute Gasteiger partial charge is 0.481 e. The SMILES string of the molecule is O=C(O)CC1CN(C(=O)N(CCO)C2CCCCC2)C1. The molecule has 1 aliphatic carbocycles. The summed E-state index contributed by atoms with van der Waals surface area (Å²) >= 11 is 0. The van der Waals surface area contributed by atoms with Crippen molar-refractivity contribution in [1.82, 2.24) is 9.80 Å². The first-order valence-corrected chi connectivity index (χ1v) is 7.50. The highest BCUT2D eigenvalue weighted by Crippen LogP contribution is 2.26. The Morgan fingerprint density at radius 1 is 1.15 bits per heavy atom. The van der Waals surface area contributed by atoms with Crippen molar-refractivity contribution in [2.45, 2.75) is 44.6 Å². The molecule has 114 valence electrons. The average molecular weight is 284 g/mol. The van der Waals surface area contributed by atoms with Crippen molar-refractivity contribution in [2.24, 2.45) is 5.92 Å². The first-order chi connectivity index (χ1) is 9.61. The van der Waals surface area contributed by atoms with E-state index in [1.807, 2.05) is 0 Å². The highest BCUT2D eigenvalue weighted by atomic mass is 16.4.